The van der Waals surface area contributed by atoms with Crippen LogP contribution in [0.25, 0.3) is 0 Å². The molecule has 2 rings (SSSR count). The van der Waals surface area contributed by atoms with Crippen molar-refractivity contribution in [1.29, 1.82) is 0 Å². The summed E-state index contributed by atoms with van der Waals surface area (Å²) in [7, 11) is 0. The zero-order valence-corrected chi connectivity index (χ0v) is 9.50. The fraction of sp³-hybridized carbons (Fsp3) is 0.917. The first-order valence-electron chi connectivity index (χ1n) is 6.06. The molecule has 0 saturated heterocycles. The van der Waals surface area contributed by atoms with E-state index in [1.165, 1.54) is 12.8 Å². The third-order valence-corrected chi connectivity index (χ3v) is 3.72. The number of hydrogen-bond donors (Lipinski definition) is 1. The summed E-state index contributed by atoms with van der Waals surface area (Å²) in [4.78, 5) is 11.8. The van der Waals surface area contributed by atoms with Gasteiger partial charge in [0.1, 0.15) is 5.54 Å². The Bertz CT molecular complexity index is 240. The summed E-state index contributed by atoms with van der Waals surface area (Å²) >= 11 is 0. The fourth-order valence-electron chi connectivity index (χ4n) is 2.10. The lowest BCUT2D eigenvalue weighted by atomic mass is 9.78. The molecule has 15 heavy (non-hydrogen) atoms. The van der Waals surface area contributed by atoms with E-state index in [0.29, 0.717) is 18.4 Å². The van der Waals surface area contributed by atoms with Gasteiger partial charge in [-0.05, 0) is 50.4 Å². The van der Waals surface area contributed by atoms with Crippen molar-refractivity contribution in [3.63, 3.8) is 0 Å². The Balaban J connectivity index is 1.81. The lowest BCUT2D eigenvalue weighted by Gasteiger charge is -2.33. The molecule has 0 aliphatic heterocycles. The van der Waals surface area contributed by atoms with E-state index in [0.717, 1.165) is 25.7 Å². The predicted molar refractivity (Wildman–Crippen MR) is 58.2 cm³/mol. The second-order valence-corrected chi connectivity index (χ2v) is 5.38. The van der Waals surface area contributed by atoms with Gasteiger partial charge in [0.2, 0.25) is 0 Å². The van der Waals surface area contributed by atoms with E-state index >= 15 is 0 Å². The number of hydrogen-bond acceptors (Lipinski definition) is 3. The lowest BCUT2D eigenvalue weighted by Crippen LogP contribution is -2.51. The van der Waals surface area contributed by atoms with Crippen LogP contribution in [0, 0.1) is 11.8 Å². The van der Waals surface area contributed by atoms with Crippen molar-refractivity contribution in [3.8, 4) is 0 Å². The Labute approximate surface area is 91.4 Å². The van der Waals surface area contributed by atoms with Crippen molar-refractivity contribution in [3.05, 3.63) is 0 Å². The van der Waals surface area contributed by atoms with E-state index in [4.69, 9.17) is 10.5 Å². The van der Waals surface area contributed by atoms with Gasteiger partial charge in [-0.1, -0.05) is 6.92 Å². The summed E-state index contributed by atoms with van der Waals surface area (Å²) < 4.78 is 5.28. The van der Waals surface area contributed by atoms with Gasteiger partial charge in [0, 0.05) is 0 Å². The molecule has 0 amide bonds. The van der Waals surface area contributed by atoms with Crippen molar-refractivity contribution >= 4 is 5.97 Å². The molecule has 0 radical (unpaired) electrons. The minimum Gasteiger partial charge on any atom is -0.464 e. The number of carbonyl (C=O) groups excluding carboxylic acids is 1. The molecule has 2 aliphatic carbocycles. The Morgan fingerprint density at radius 3 is 2.47 bits per heavy atom. The molecule has 0 aromatic carbocycles. The van der Waals surface area contributed by atoms with Crippen LogP contribution in [0.5, 0.6) is 0 Å². The van der Waals surface area contributed by atoms with Crippen molar-refractivity contribution in [2.24, 2.45) is 17.6 Å². The van der Waals surface area contributed by atoms with Gasteiger partial charge in [0.25, 0.3) is 0 Å². The normalized spacial score (nSPS) is 36.3. The summed E-state index contributed by atoms with van der Waals surface area (Å²) in [5, 5.41) is 0. The van der Waals surface area contributed by atoms with Gasteiger partial charge >= 0.3 is 5.97 Å². The molecule has 0 bridgehead atoms. The fourth-order valence-corrected chi connectivity index (χ4v) is 2.10. The molecule has 0 spiro atoms. The van der Waals surface area contributed by atoms with Crippen LogP contribution in [0.3, 0.4) is 0 Å². The maximum Gasteiger partial charge on any atom is 0.326 e. The summed E-state index contributed by atoms with van der Waals surface area (Å²) in [6.45, 7) is 2.81. The van der Waals surface area contributed by atoms with Crippen LogP contribution < -0.4 is 5.73 Å². The Kier molecular flexibility index (Phi) is 3.01. The molecule has 2 aliphatic rings. The van der Waals surface area contributed by atoms with Gasteiger partial charge in [-0.25, -0.2) is 0 Å². The predicted octanol–water partition coefficient (Wildman–Crippen LogP) is 1.85. The van der Waals surface area contributed by atoms with Crippen LogP contribution in [-0.4, -0.2) is 18.1 Å². The van der Waals surface area contributed by atoms with Crippen LogP contribution in [0.2, 0.25) is 0 Å². The quantitative estimate of drug-likeness (QED) is 0.725. The molecule has 2 saturated carbocycles. The highest BCUT2D eigenvalue weighted by atomic mass is 16.5. The number of carbonyl (C=O) groups is 1. The van der Waals surface area contributed by atoms with Crippen molar-refractivity contribution < 1.29 is 9.53 Å². The number of nitrogens with two attached hydrogens (primary N) is 1. The van der Waals surface area contributed by atoms with Crippen molar-refractivity contribution in [2.45, 2.75) is 51.0 Å². The summed E-state index contributed by atoms with van der Waals surface area (Å²) in [5.74, 6) is 1.17. The van der Waals surface area contributed by atoms with Gasteiger partial charge < -0.3 is 10.5 Å². The van der Waals surface area contributed by atoms with Gasteiger partial charge in [0.05, 0.1) is 6.61 Å². The van der Waals surface area contributed by atoms with Gasteiger partial charge in [-0.3, -0.25) is 4.79 Å². The van der Waals surface area contributed by atoms with Gasteiger partial charge in [0.15, 0.2) is 0 Å². The molecule has 0 aromatic heterocycles. The second kappa shape index (κ2) is 4.12. The molecule has 0 aromatic rings. The van der Waals surface area contributed by atoms with Gasteiger partial charge in [-0.2, -0.15) is 0 Å². The number of esters is 1. The van der Waals surface area contributed by atoms with Crippen molar-refractivity contribution in [1.82, 2.24) is 0 Å². The van der Waals surface area contributed by atoms with Crippen LogP contribution in [0.15, 0.2) is 0 Å². The summed E-state index contributed by atoms with van der Waals surface area (Å²) in [6, 6.07) is 0. The highest BCUT2D eigenvalue weighted by molar-refractivity contribution is 5.80. The number of rotatable bonds is 3. The maximum absolute atomic E-state index is 11.8. The molecule has 3 heteroatoms. The van der Waals surface area contributed by atoms with E-state index in [1.807, 2.05) is 0 Å². The third-order valence-electron chi connectivity index (χ3n) is 3.72. The molecule has 3 nitrogen and oxygen atoms in total. The van der Waals surface area contributed by atoms with Crippen LogP contribution >= 0.6 is 0 Å². The average Bonchev–Trinajstić information content (AvgIpc) is 3.03. The highest BCUT2D eigenvalue weighted by Gasteiger charge is 2.39. The topological polar surface area (TPSA) is 52.3 Å². The second-order valence-electron chi connectivity index (χ2n) is 5.38. The molecule has 2 fully saturated rings. The van der Waals surface area contributed by atoms with E-state index < -0.39 is 5.54 Å². The van der Waals surface area contributed by atoms with Crippen LogP contribution in [0.4, 0.5) is 0 Å². The highest BCUT2D eigenvalue weighted by Crippen LogP contribution is 2.33. The number of ether oxygens (including phenoxy) is 1. The van der Waals surface area contributed by atoms with E-state index in [1.54, 1.807) is 0 Å². The first kappa shape index (κ1) is 10.9. The standard InChI is InChI=1S/C12H21NO2/c1-9-4-6-12(13,7-5-9)11(14)15-8-10-2-3-10/h9-10H,2-8,13H2,1H3. The Hall–Kier alpha value is -0.570. The summed E-state index contributed by atoms with van der Waals surface area (Å²) in [5.41, 5.74) is 5.42. The summed E-state index contributed by atoms with van der Waals surface area (Å²) in [6.07, 6.45) is 6.10. The molecule has 0 unspecified atom stereocenters. The zero-order valence-electron chi connectivity index (χ0n) is 9.50. The van der Waals surface area contributed by atoms with E-state index in [-0.39, 0.29) is 5.97 Å². The molecule has 0 heterocycles. The SMILES string of the molecule is CC1CCC(N)(C(=O)OCC2CC2)CC1. The molecular weight excluding hydrogens is 190 g/mol. The zero-order chi connectivity index (χ0) is 10.9. The van der Waals surface area contributed by atoms with Crippen molar-refractivity contribution in [2.75, 3.05) is 6.61 Å². The van der Waals surface area contributed by atoms with E-state index in [9.17, 15) is 4.79 Å². The smallest absolute Gasteiger partial charge is 0.326 e. The molecular formula is C12H21NO2. The Morgan fingerprint density at radius 1 is 1.33 bits per heavy atom. The largest absolute Gasteiger partial charge is 0.464 e. The monoisotopic (exact) mass is 211 g/mol. The lowest BCUT2D eigenvalue weighted by molar-refractivity contribution is -0.152. The molecule has 0 atom stereocenters. The van der Waals surface area contributed by atoms with Gasteiger partial charge in [-0.15, -0.1) is 0 Å². The van der Waals surface area contributed by atoms with Crippen LogP contribution in [-0.2, 0) is 9.53 Å². The average molecular weight is 211 g/mol. The Morgan fingerprint density at radius 2 is 1.93 bits per heavy atom. The first-order valence-corrected chi connectivity index (χ1v) is 6.06. The third kappa shape index (κ3) is 2.71. The molecule has 2 N–H and O–H groups in total. The van der Waals surface area contributed by atoms with Crippen LogP contribution in [0.1, 0.15) is 45.4 Å². The van der Waals surface area contributed by atoms with E-state index in [2.05, 4.69) is 6.92 Å². The minimum absolute atomic E-state index is 0.165. The first-order chi connectivity index (χ1) is 7.10. The molecule has 86 valence electrons. The minimum atomic E-state index is -0.679. The maximum atomic E-state index is 11.8.